The number of carbonyl (C=O) groups excluding carboxylic acids is 1. The summed E-state index contributed by atoms with van der Waals surface area (Å²) in [6, 6.07) is 2.00. The first-order valence-electron chi connectivity index (χ1n) is 8.24. The van der Waals surface area contributed by atoms with Crippen LogP contribution in [0.25, 0.3) is 0 Å². The summed E-state index contributed by atoms with van der Waals surface area (Å²) < 4.78 is 1.86. The highest BCUT2D eigenvalue weighted by Gasteiger charge is 2.34. The lowest BCUT2D eigenvalue weighted by Gasteiger charge is -2.16. The van der Waals surface area contributed by atoms with Crippen LogP contribution in [0.4, 0.5) is 0 Å². The van der Waals surface area contributed by atoms with E-state index < -0.39 is 6.10 Å². The summed E-state index contributed by atoms with van der Waals surface area (Å²) >= 11 is 0. The van der Waals surface area contributed by atoms with E-state index in [-0.39, 0.29) is 11.8 Å². The lowest BCUT2D eigenvalue weighted by Crippen LogP contribution is -2.30. The number of nitrogens with zero attached hydrogens (tertiary/aromatic N) is 5. The van der Waals surface area contributed by atoms with Gasteiger partial charge in [-0.3, -0.25) is 19.4 Å². The number of amides is 1. The maximum absolute atomic E-state index is 12.4. The fourth-order valence-electron chi connectivity index (χ4n) is 3.22. The van der Waals surface area contributed by atoms with Crippen molar-refractivity contribution in [3.63, 3.8) is 0 Å². The van der Waals surface area contributed by atoms with E-state index in [2.05, 4.69) is 15.1 Å². The van der Waals surface area contributed by atoms with Crippen LogP contribution in [0, 0.1) is 19.8 Å². The van der Waals surface area contributed by atoms with E-state index >= 15 is 0 Å². The van der Waals surface area contributed by atoms with Crippen LogP contribution in [0.3, 0.4) is 0 Å². The lowest BCUT2D eigenvalue weighted by molar-refractivity contribution is -0.130. The Labute approximate surface area is 141 Å². The highest BCUT2D eigenvalue weighted by molar-refractivity contribution is 5.76. The second-order valence-corrected chi connectivity index (χ2v) is 6.43. The van der Waals surface area contributed by atoms with Crippen molar-refractivity contribution in [2.45, 2.75) is 39.3 Å². The molecular weight excluding hydrogens is 306 g/mol. The molecular formula is C17H23N5O2. The van der Waals surface area contributed by atoms with Gasteiger partial charge in [-0.2, -0.15) is 5.10 Å². The summed E-state index contributed by atoms with van der Waals surface area (Å²) in [5, 5.41) is 14.6. The molecule has 1 amide bonds. The number of aryl methyl sites for hydroxylation is 3. The minimum Gasteiger partial charge on any atom is -0.391 e. The Balaban J connectivity index is 1.54. The Bertz CT molecular complexity index is 700. The summed E-state index contributed by atoms with van der Waals surface area (Å²) in [6.45, 7) is 5.45. The predicted octanol–water partition coefficient (Wildman–Crippen LogP) is 0.742. The number of hydrogen-bond acceptors (Lipinski definition) is 5. The van der Waals surface area contributed by atoms with Crippen LogP contribution in [-0.4, -0.2) is 54.9 Å². The number of β-amino-alcohol motifs (C(OH)–C–C–N with tert-alkyl or cyclic N) is 1. The molecule has 7 nitrogen and oxygen atoms in total. The zero-order valence-corrected chi connectivity index (χ0v) is 14.1. The third-order valence-corrected chi connectivity index (χ3v) is 4.49. The first kappa shape index (κ1) is 16.6. The molecule has 0 radical (unpaired) electrons. The van der Waals surface area contributed by atoms with E-state index in [1.807, 2.05) is 24.6 Å². The van der Waals surface area contributed by atoms with Crippen molar-refractivity contribution in [3.8, 4) is 0 Å². The number of rotatable bonds is 5. The molecule has 0 aromatic carbocycles. The monoisotopic (exact) mass is 329 g/mol. The van der Waals surface area contributed by atoms with Crippen LogP contribution in [0.2, 0.25) is 0 Å². The van der Waals surface area contributed by atoms with E-state index in [1.54, 1.807) is 23.5 Å². The molecule has 3 heterocycles. The van der Waals surface area contributed by atoms with Gasteiger partial charge in [-0.1, -0.05) is 0 Å². The summed E-state index contributed by atoms with van der Waals surface area (Å²) in [4.78, 5) is 22.5. The summed E-state index contributed by atoms with van der Waals surface area (Å²) in [6.07, 6.45) is 5.50. The number of aliphatic hydroxyl groups excluding tert-OH is 1. The number of carbonyl (C=O) groups is 1. The maximum atomic E-state index is 12.4. The first-order chi connectivity index (χ1) is 11.5. The molecule has 1 fully saturated rings. The number of likely N-dealkylation sites (tertiary alicyclic amines) is 1. The molecule has 0 spiro atoms. The quantitative estimate of drug-likeness (QED) is 0.875. The molecule has 0 saturated carbocycles. The first-order valence-corrected chi connectivity index (χ1v) is 8.24. The van der Waals surface area contributed by atoms with Crippen LogP contribution >= 0.6 is 0 Å². The smallest absolute Gasteiger partial charge is 0.224 e. The van der Waals surface area contributed by atoms with Crippen molar-refractivity contribution in [3.05, 3.63) is 41.7 Å². The van der Waals surface area contributed by atoms with Gasteiger partial charge in [0.15, 0.2) is 0 Å². The van der Waals surface area contributed by atoms with Gasteiger partial charge >= 0.3 is 0 Å². The summed E-state index contributed by atoms with van der Waals surface area (Å²) in [5.41, 5.74) is 2.86. The SMILES string of the molecule is Cc1cc(C)n(CCC(=O)N2C[C@@H](Cc3cnccn3)[C@H](O)C2)n1. The van der Waals surface area contributed by atoms with Gasteiger partial charge in [0.25, 0.3) is 0 Å². The van der Waals surface area contributed by atoms with Gasteiger partial charge in [0.2, 0.25) is 5.91 Å². The van der Waals surface area contributed by atoms with E-state index in [9.17, 15) is 9.90 Å². The van der Waals surface area contributed by atoms with E-state index in [0.29, 0.717) is 32.5 Å². The normalized spacial score (nSPS) is 20.5. The van der Waals surface area contributed by atoms with Gasteiger partial charge in [0.05, 0.1) is 17.5 Å². The number of aromatic nitrogens is 4. The molecule has 7 heteroatoms. The molecule has 1 saturated heterocycles. The van der Waals surface area contributed by atoms with Crippen molar-refractivity contribution < 1.29 is 9.90 Å². The number of aliphatic hydroxyl groups is 1. The average molecular weight is 329 g/mol. The highest BCUT2D eigenvalue weighted by atomic mass is 16.3. The van der Waals surface area contributed by atoms with Crippen molar-refractivity contribution in [2.24, 2.45) is 5.92 Å². The average Bonchev–Trinajstić information content (AvgIpc) is 3.08. The second kappa shape index (κ2) is 7.09. The molecule has 2 aromatic heterocycles. The van der Waals surface area contributed by atoms with Gasteiger partial charge in [-0.15, -0.1) is 0 Å². The Morgan fingerprint density at radius 1 is 1.33 bits per heavy atom. The fraction of sp³-hybridized carbons (Fsp3) is 0.529. The van der Waals surface area contributed by atoms with Gasteiger partial charge in [-0.05, 0) is 26.3 Å². The van der Waals surface area contributed by atoms with Crippen molar-refractivity contribution in [1.82, 2.24) is 24.6 Å². The molecule has 2 atom stereocenters. The molecule has 0 aliphatic carbocycles. The topological polar surface area (TPSA) is 84.1 Å². The van der Waals surface area contributed by atoms with Crippen LogP contribution in [0.15, 0.2) is 24.7 Å². The Kier molecular flexibility index (Phi) is 4.89. The lowest BCUT2D eigenvalue weighted by atomic mass is 10.0. The molecule has 3 rings (SSSR count). The van der Waals surface area contributed by atoms with Gasteiger partial charge in [-0.25, -0.2) is 0 Å². The Morgan fingerprint density at radius 2 is 2.17 bits per heavy atom. The van der Waals surface area contributed by atoms with Crippen molar-refractivity contribution in [2.75, 3.05) is 13.1 Å². The Morgan fingerprint density at radius 3 is 2.83 bits per heavy atom. The zero-order chi connectivity index (χ0) is 17.1. The minimum absolute atomic E-state index is 0.0133. The fourth-order valence-corrected chi connectivity index (χ4v) is 3.22. The minimum atomic E-state index is -0.510. The molecule has 128 valence electrons. The molecule has 0 unspecified atom stereocenters. The zero-order valence-electron chi connectivity index (χ0n) is 14.1. The number of hydrogen-bond donors (Lipinski definition) is 1. The molecule has 2 aromatic rings. The van der Waals surface area contributed by atoms with E-state index in [1.165, 1.54) is 0 Å². The largest absolute Gasteiger partial charge is 0.391 e. The van der Waals surface area contributed by atoms with Crippen molar-refractivity contribution >= 4 is 5.91 Å². The molecule has 1 aliphatic rings. The molecule has 1 N–H and O–H groups in total. The van der Waals surface area contributed by atoms with Crippen LogP contribution in [0.5, 0.6) is 0 Å². The van der Waals surface area contributed by atoms with Crippen LogP contribution < -0.4 is 0 Å². The van der Waals surface area contributed by atoms with Gasteiger partial charge in [0, 0.05) is 56.3 Å². The van der Waals surface area contributed by atoms with Gasteiger partial charge in [0.1, 0.15) is 0 Å². The van der Waals surface area contributed by atoms with Gasteiger partial charge < -0.3 is 10.0 Å². The third-order valence-electron chi connectivity index (χ3n) is 4.49. The maximum Gasteiger partial charge on any atom is 0.224 e. The third kappa shape index (κ3) is 3.79. The molecule has 1 aliphatic heterocycles. The molecule has 0 bridgehead atoms. The highest BCUT2D eigenvalue weighted by Crippen LogP contribution is 2.21. The standard InChI is InChI=1S/C17H23N5O2/c1-12-7-13(2)22(20-12)6-3-17(24)21-10-14(16(23)11-21)8-15-9-18-4-5-19-15/h4-5,7,9,14,16,23H,3,6,8,10-11H2,1-2H3/t14-,16-/m1/s1. The summed E-state index contributed by atoms with van der Waals surface area (Å²) in [5.74, 6) is 0.0718. The predicted molar refractivity (Wildman–Crippen MR) is 88.1 cm³/mol. The van der Waals surface area contributed by atoms with E-state index in [4.69, 9.17) is 0 Å². The van der Waals surface area contributed by atoms with Crippen LogP contribution in [0.1, 0.15) is 23.5 Å². The van der Waals surface area contributed by atoms with Crippen LogP contribution in [-0.2, 0) is 17.8 Å². The molecule has 24 heavy (non-hydrogen) atoms. The van der Waals surface area contributed by atoms with E-state index in [0.717, 1.165) is 17.1 Å². The summed E-state index contributed by atoms with van der Waals surface area (Å²) in [7, 11) is 0. The van der Waals surface area contributed by atoms with Crippen molar-refractivity contribution in [1.29, 1.82) is 0 Å². The second-order valence-electron chi connectivity index (χ2n) is 6.43. The Hall–Kier alpha value is -2.28.